The van der Waals surface area contributed by atoms with Crippen LogP contribution in [0.25, 0.3) is 0 Å². The smallest absolute Gasteiger partial charge is 0.410 e. The van der Waals surface area contributed by atoms with Crippen molar-refractivity contribution in [2.24, 2.45) is 0 Å². The second kappa shape index (κ2) is 9.88. The van der Waals surface area contributed by atoms with Gasteiger partial charge in [-0.1, -0.05) is 0 Å². The molecule has 25 heavy (non-hydrogen) atoms. The highest BCUT2D eigenvalue weighted by atomic mass is 32.2. The minimum atomic E-state index is -0.587. The molecule has 0 spiro atoms. The number of piperidine rings is 1. The summed E-state index contributed by atoms with van der Waals surface area (Å²) in [6.45, 7) is 8.79. The zero-order chi connectivity index (χ0) is 18.3. The molecule has 0 unspecified atom stereocenters. The van der Waals surface area contributed by atoms with Gasteiger partial charge >= 0.3 is 6.09 Å². The van der Waals surface area contributed by atoms with Crippen molar-refractivity contribution in [1.82, 2.24) is 10.2 Å². The number of carbonyl (C=O) groups is 1. The van der Waals surface area contributed by atoms with Crippen LogP contribution in [-0.2, 0) is 20.3 Å². The lowest BCUT2D eigenvalue weighted by molar-refractivity contribution is -0.0117. The molecule has 146 valence electrons. The van der Waals surface area contributed by atoms with Crippen LogP contribution in [0.3, 0.4) is 0 Å². The second-order valence-electron chi connectivity index (χ2n) is 7.97. The maximum absolute atomic E-state index is 12.0. The summed E-state index contributed by atoms with van der Waals surface area (Å²) in [5.74, 6) is 1.68. The average Bonchev–Trinajstić information content (AvgIpc) is 2.55. The Labute approximate surface area is 154 Å². The van der Waals surface area contributed by atoms with Crippen LogP contribution in [0.5, 0.6) is 0 Å². The highest BCUT2D eigenvalue weighted by molar-refractivity contribution is 7.85. The maximum Gasteiger partial charge on any atom is 0.410 e. The minimum Gasteiger partial charge on any atom is -0.444 e. The third kappa shape index (κ3) is 8.05. The van der Waals surface area contributed by atoms with Crippen molar-refractivity contribution in [3.63, 3.8) is 0 Å². The fourth-order valence-corrected chi connectivity index (χ4v) is 4.46. The molecule has 2 fully saturated rings. The van der Waals surface area contributed by atoms with Crippen molar-refractivity contribution >= 4 is 16.9 Å². The van der Waals surface area contributed by atoms with Crippen LogP contribution >= 0.6 is 0 Å². The Morgan fingerprint density at radius 2 is 1.80 bits per heavy atom. The Morgan fingerprint density at radius 1 is 1.16 bits per heavy atom. The van der Waals surface area contributed by atoms with Crippen LogP contribution < -0.4 is 5.32 Å². The summed E-state index contributed by atoms with van der Waals surface area (Å²) < 4.78 is 22.7. The van der Waals surface area contributed by atoms with Crippen molar-refractivity contribution in [1.29, 1.82) is 0 Å². The predicted octanol–water partition coefficient (Wildman–Crippen LogP) is 2.29. The molecule has 1 N–H and O–H groups in total. The summed E-state index contributed by atoms with van der Waals surface area (Å²) in [6, 6.07) is 0.523. The van der Waals surface area contributed by atoms with Gasteiger partial charge in [-0.25, -0.2) is 4.79 Å². The Morgan fingerprint density at radius 3 is 2.40 bits per heavy atom. The van der Waals surface area contributed by atoms with Crippen LogP contribution in [0.15, 0.2) is 0 Å². The number of nitrogens with zero attached hydrogens (tertiary/aromatic N) is 1. The summed E-state index contributed by atoms with van der Waals surface area (Å²) >= 11 is 0. The van der Waals surface area contributed by atoms with Crippen LogP contribution in [0.2, 0.25) is 0 Å². The SMILES string of the molecule is CC(C)(C)OC(=O)N1CCC(OCCCNC2CCS(=O)CC2)CC1. The van der Waals surface area contributed by atoms with E-state index < -0.39 is 16.4 Å². The number of amides is 1. The number of nitrogens with one attached hydrogen (secondary N) is 1. The van der Waals surface area contributed by atoms with Crippen LogP contribution in [0, 0.1) is 0 Å². The molecule has 0 radical (unpaired) electrons. The molecule has 2 rings (SSSR count). The summed E-state index contributed by atoms with van der Waals surface area (Å²) in [5.41, 5.74) is -0.440. The van der Waals surface area contributed by atoms with Gasteiger partial charge < -0.3 is 19.7 Å². The summed E-state index contributed by atoms with van der Waals surface area (Å²) in [7, 11) is -0.587. The highest BCUT2D eigenvalue weighted by Gasteiger charge is 2.27. The van der Waals surface area contributed by atoms with Crippen molar-refractivity contribution in [2.45, 2.75) is 70.6 Å². The average molecular weight is 375 g/mol. The molecule has 0 bridgehead atoms. The van der Waals surface area contributed by atoms with E-state index in [1.165, 1.54) is 0 Å². The fraction of sp³-hybridized carbons (Fsp3) is 0.944. The van der Waals surface area contributed by atoms with E-state index in [9.17, 15) is 9.00 Å². The third-order valence-corrected chi connectivity index (χ3v) is 5.97. The van der Waals surface area contributed by atoms with E-state index in [4.69, 9.17) is 9.47 Å². The summed E-state index contributed by atoms with van der Waals surface area (Å²) in [4.78, 5) is 13.8. The van der Waals surface area contributed by atoms with E-state index in [1.54, 1.807) is 4.90 Å². The van der Waals surface area contributed by atoms with Crippen LogP contribution in [0.4, 0.5) is 4.79 Å². The number of carbonyl (C=O) groups excluding carboxylic acids is 1. The normalized spacial score (nSPS) is 25.8. The standard InChI is InChI=1S/C18H34N2O4S/c1-18(2,3)24-17(21)20-10-5-16(6-11-20)23-12-4-9-19-15-7-13-25(22)14-8-15/h15-16,19H,4-14H2,1-3H3. The summed E-state index contributed by atoms with van der Waals surface area (Å²) in [5, 5.41) is 3.54. The van der Waals surface area contributed by atoms with Gasteiger partial charge in [0.05, 0.1) is 6.10 Å². The number of rotatable bonds is 6. The molecule has 2 aliphatic heterocycles. The van der Waals surface area contributed by atoms with Crippen LogP contribution in [0.1, 0.15) is 52.9 Å². The molecule has 0 aromatic rings. The fourth-order valence-electron chi connectivity index (χ4n) is 3.16. The van der Waals surface area contributed by atoms with Gasteiger partial charge in [0.2, 0.25) is 0 Å². The minimum absolute atomic E-state index is 0.219. The van der Waals surface area contributed by atoms with E-state index in [-0.39, 0.29) is 12.2 Å². The Bertz CT molecular complexity index is 435. The van der Waals surface area contributed by atoms with E-state index in [1.807, 2.05) is 20.8 Å². The van der Waals surface area contributed by atoms with Crippen LogP contribution in [-0.4, -0.2) is 70.7 Å². The first kappa shape index (κ1) is 20.6. The molecule has 0 aromatic heterocycles. The molecule has 2 aliphatic rings. The molecule has 2 saturated heterocycles. The first-order valence-corrected chi connectivity index (χ1v) is 11.0. The molecule has 0 atom stereocenters. The van der Waals surface area contributed by atoms with E-state index >= 15 is 0 Å². The molecule has 6 nitrogen and oxygen atoms in total. The number of hydrogen-bond donors (Lipinski definition) is 1. The molecular weight excluding hydrogens is 340 g/mol. The van der Waals surface area contributed by atoms with Gasteiger partial charge in [-0.15, -0.1) is 0 Å². The van der Waals surface area contributed by atoms with Crippen molar-refractivity contribution < 1.29 is 18.5 Å². The lowest BCUT2D eigenvalue weighted by Crippen LogP contribution is -2.43. The molecule has 7 heteroatoms. The number of ether oxygens (including phenoxy) is 2. The first-order chi connectivity index (χ1) is 11.8. The molecule has 0 aromatic carbocycles. The first-order valence-electron chi connectivity index (χ1n) is 9.51. The molecule has 0 aliphatic carbocycles. The van der Waals surface area contributed by atoms with Gasteiger partial charge in [-0.2, -0.15) is 0 Å². The Balaban J connectivity index is 1.51. The second-order valence-corrected chi connectivity index (χ2v) is 9.66. The van der Waals surface area contributed by atoms with E-state index in [0.29, 0.717) is 19.1 Å². The Hall–Kier alpha value is -0.660. The zero-order valence-corrected chi connectivity index (χ0v) is 16.7. The van der Waals surface area contributed by atoms with Gasteiger partial charge in [-0.05, 0) is 59.4 Å². The topological polar surface area (TPSA) is 67.9 Å². The van der Waals surface area contributed by atoms with Gasteiger partial charge in [0.25, 0.3) is 0 Å². The van der Waals surface area contributed by atoms with E-state index in [2.05, 4.69) is 5.32 Å². The molecule has 0 saturated carbocycles. The van der Waals surface area contributed by atoms with E-state index in [0.717, 1.165) is 56.8 Å². The lowest BCUT2D eigenvalue weighted by atomic mass is 10.1. The van der Waals surface area contributed by atoms with Gasteiger partial charge in [-0.3, -0.25) is 4.21 Å². The number of hydrogen-bond acceptors (Lipinski definition) is 5. The predicted molar refractivity (Wildman–Crippen MR) is 100 cm³/mol. The molecule has 2 heterocycles. The van der Waals surface area contributed by atoms with Gasteiger partial charge in [0.1, 0.15) is 5.60 Å². The quantitative estimate of drug-likeness (QED) is 0.723. The zero-order valence-electron chi connectivity index (χ0n) is 15.9. The Kier molecular flexibility index (Phi) is 8.16. The highest BCUT2D eigenvalue weighted by Crippen LogP contribution is 2.17. The molecular formula is C18H34N2O4S. The van der Waals surface area contributed by atoms with Crippen molar-refractivity contribution in [3.05, 3.63) is 0 Å². The monoisotopic (exact) mass is 374 g/mol. The number of likely N-dealkylation sites (tertiary alicyclic amines) is 1. The third-order valence-electron chi connectivity index (χ3n) is 4.59. The van der Waals surface area contributed by atoms with Gasteiger partial charge in [0.15, 0.2) is 0 Å². The summed E-state index contributed by atoms with van der Waals surface area (Å²) in [6.07, 6.45) is 4.82. The van der Waals surface area contributed by atoms with Gasteiger partial charge in [0, 0.05) is 48.0 Å². The van der Waals surface area contributed by atoms with Crippen molar-refractivity contribution in [3.8, 4) is 0 Å². The van der Waals surface area contributed by atoms with Crippen molar-refractivity contribution in [2.75, 3.05) is 37.7 Å². The lowest BCUT2D eigenvalue weighted by Gasteiger charge is -2.33. The molecule has 1 amide bonds. The maximum atomic E-state index is 12.0. The largest absolute Gasteiger partial charge is 0.444 e.